The van der Waals surface area contributed by atoms with Crippen LogP contribution in [0.4, 0.5) is 0 Å². The van der Waals surface area contributed by atoms with E-state index in [4.69, 9.17) is 5.73 Å². The van der Waals surface area contributed by atoms with Gasteiger partial charge in [0, 0.05) is 31.1 Å². The van der Waals surface area contributed by atoms with E-state index in [1.165, 1.54) is 24.8 Å². The van der Waals surface area contributed by atoms with Gasteiger partial charge in [-0.1, -0.05) is 36.8 Å². The minimum Gasteiger partial charge on any atom is -0.354 e. The Hall–Kier alpha value is -0.810. The summed E-state index contributed by atoms with van der Waals surface area (Å²) in [5.41, 5.74) is 7.28. The maximum absolute atomic E-state index is 12.3. The topological polar surface area (TPSA) is 58.4 Å². The van der Waals surface area contributed by atoms with Gasteiger partial charge in [0.15, 0.2) is 0 Å². The molecule has 1 saturated heterocycles. The number of likely N-dealkylation sites (tertiary alicyclic amines) is 1. The summed E-state index contributed by atoms with van der Waals surface area (Å²) in [4.78, 5) is 14.8. The number of carbonyl (C=O) groups excluding carboxylic acids is 1. The Morgan fingerprint density at radius 1 is 1.12 bits per heavy atom. The summed E-state index contributed by atoms with van der Waals surface area (Å²) in [6.07, 6.45) is 6.49. The van der Waals surface area contributed by atoms with E-state index in [2.05, 4.69) is 40.5 Å². The highest BCUT2D eigenvalue weighted by molar-refractivity contribution is 5.85. The van der Waals surface area contributed by atoms with E-state index in [1.54, 1.807) is 0 Å². The van der Waals surface area contributed by atoms with Crippen molar-refractivity contribution in [2.75, 3.05) is 13.1 Å². The average Bonchev–Trinajstić information content (AvgIpc) is 3.01. The monoisotopic (exact) mass is 387 g/mol. The van der Waals surface area contributed by atoms with E-state index in [1.807, 2.05) is 0 Å². The number of benzene rings is 1. The molecule has 1 aromatic rings. The fraction of sp³-hybridized carbons (Fsp3) is 0.632. The molecule has 1 aliphatic carbocycles. The molecular weight excluding hydrogens is 357 g/mol. The van der Waals surface area contributed by atoms with Crippen molar-refractivity contribution in [3.63, 3.8) is 0 Å². The number of halogens is 2. The van der Waals surface area contributed by atoms with Crippen LogP contribution in [-0.2, 0) is 11.3 Å². The number of carbonyl (C=O) groups is 1. The molecule has 0 radical (unpaired) electrons. The lowest BCUT2D eigenvalue weighted by Crippen LogP contribution is -2.47. The van der Waals surface area contributed by atoms with E-state index >= 15 is 0 Å². The first-order valence-electron chi connectivity index (χ1n) is 9.03. The molecule has 3 rings (SSSR count). The molecule has 142 valence electrons. The molecule has 4 nitrogen and oxygen atoms in total. The maximum atomic E-state index is 12.3. The standard InChI is InChI=1S/C19H29N3O.2ClH/c20-17-10-9-16(12-17)19(23)21-13-18-8-4-5-11-22(18)14-15-6-2-1-3-7-15;;/h1-3,6-7,16-18H,4-5,8-14,20H2,(H,21,23);2*1H. The minimum atomic E-state index is 0. The second-order valence-corrected chi connectivity index (χ2v) is 7.12. The van der Waals surface area contributed by atoms with Gasteiger partial charge in [0.1, 0.15) is 0 Å². The maximum Gasteiger partial charge on any atom is 0.223 e. The van der Waals surface area contributed by atoms with E-state index in [9.17, 15) is 4.79 Å². The van der Waals surface area contributed by atoms with Crippen LogP contribution in [0.1, 0.15) is 44.1 Å². The molecule has 2 aliphatic rings. The van der Waals surface area contributed by atoms with Gasteiger partial charge < -0.3 is 11.1 Å². The van der Waals surface area contributed by atoms with E-state index < -0.39 is 0 Å². The molecule has 1 saturated carbocycles. The molecule has 1 aromatic carbocycles. The van der Waals surface area contributed by atoms with Crippen LogP contribution in [0, 0.1) is 5.92 Å². The number of nitrogens with one attached hydrogen (secondary N) is 1. The summed E-state index contributed by atoms with van der Waals surface area (Å²) >= 11 is 0. The molecule has 0 aromatic heterocycles. The van der Waals surface area contributed by atoms with Crippen LogP contribution in [0.15, 0.2) is 30.3 Å². The lowest BCUT2D eigenvalue weighted by molar-refractivity contribution is -0.125. The Morgan fingerprint density at radius 3 is 2.56 bits per heavy atom. The Balaban J connectivity index is 0.00000156. The number of nitrogens with two attached hydrogens (primary N) is 1. The molecule has 3 N–H and O–H groups in total. The number of hydrogen-bond donors (Lipinski definition) is 2. The second kappa shape index (κ2) is 11.0. The van der Waals surface area contributed by atoms with Crippen LogP contribution >= 0.6 is 24.8 Å². The summed E-state index contributed by atoms with van der Waals surface area (Å²) in [6, 6.07) is 11.3. The third-order valence-corrected chi connectivity index (χ3v) is 5.33. The molecule has 3 atom stereocenters. The van der Waals surface area contributed by atoms with Crippen molar-refractivity contribution < 1.29 is 4.79 Å². The molecule has 2 fully saturated rings. The van der Waals surface area contributed by atoms with Gasteiger partial charge >= 0.3 is 0 Å². The van der Waals surface area contributed by atoms with Gasteiger partial charge in [-0.2, -0.15) is 0 Å². The SMILES string of the molecule is Cl.Cl.NC1CCC(C(=O)NCC2CCCCN2Cc2ccccc2)C1. The van der Waals surface area contributed by atoms with E-state index in [0.717, 1.165) is 38.9 Å². The van der Waals surface area contributed by atoms with Crippen molar-refractivity contribution in [2.45, 2.75) is 57.2 Å². The summed E-state index contributed by atoms with van der Waals surface area (Å²) in [5.74, 6) is 0.347. The number of hydrogen-bond acceptors (Lipinski definition) is 3. The lowest BCUT2D eigenvalue weighted by atomic mass is 10.0. The number of nitrogens with zero attached hydrogens (tertiary/aromatic N) is 1. The van der Waals surface area contributed by atoms with Crippen LogP contribution < -0.4 is 11.1 Å². The van der Waals surface area contributed by atoms with Gasteiger partial charge in [-0.15, -0.1) is 24.8 Å². The third kappa shape index (κ3) is 6.45. The highest BCUT2D eigenvalue weighted by atomic mass is 35.5. The van der Waals surface area contributed by atoms with Gasteiger partial charge in [-0.05, 0) is 44.2 Å². The van der Waals surface area contributed by atoms with Crippen LogP contribution in [0.2, 0.25) is 0 Å². The molecule has 3 unspecified atom stereocenters. The smallest absolute Gasteiger partial charge is 0.223 e. The molecule has 1 heterocycles. The molecule has 1 amide bonds. The summed E-state index contributed by atoms with van der Waals surface area (Å²) in [5, 5.41) is 3.19. The number of piperidine rings is 1. The lowest BCUT2D eigenvalue weighted by Gasteiger charge is -2.36. The van der Waals surface area contributed by atoms with Gasteiger partial charge in [-0.3, -0.25) is 9.69 Å². The third-order valence-electron chi connectivity index (χ3n) is 5.33. The number of amides is 1. The van der Waals surface area contributed by atoms with Crippen molar-refractivity contribution in [3.05, 3.63) is 35.9 Å². The molecule has 25 heavy (non-hydrogen) atoms. The predicted octanol–water partition coefficient (Wildman–Crippen LogP) is 3.13. The Kier molecular flexibility index (Phi) is 9.80. The molecule has 0 spiro atoms. The predicted molar refractivity (Wildman–Crippen MR) is 107 cm³/mol. The average molecular weight is 388 g/mol. The zero-order chi connectivity index (χ0) is 16.1. The Labute approximate surface area is 163 Å². The zero-order valence-corrected chi connectivity index (χ0v) is 16.4. The van der Waals surface area contributed by atoms with Crippen LogP contribution in [0.25, 0.3) is 0 Å². The van der Waals surface area contributed by atoms with Crippen molar-refractivity contribution in [1.82, 2.24) is 10.2 Å². The van der Waals surface area contributed by atoms with E-state index in [-0.39, 0.29) is 42.7 Å². The van der Waals surface area contributed by atoms with Crippen molar-refractivity contribution in [1.29, 1.82) is 0 Å². The molecule has 6 heteroatoms. The fourth-order valence-electron chi connectivity index (χ4n) is 3.93. The number of rotatable bonds is 5. The van der Waals surface area contributed by atoms with Crippen molar-refractivity contribution in [3.8, 4) is 0 Å². The van der Waals surface area contributed by atoms with Crippen LogP contribution in [0.3, 0.4) is 0 Å². The normalized spacial score (nSPS) is 26.4. The summed E-state index contributed by atoms with van der Waals surface area (Å²) < 4.78 is 0. The molecular formula is C19H31Cl2N3O. The van der Waals surface area contributed by atoms with Crippen molar-refractivity contribution >= 4 is 30.7 Å². The first kappa shape index (κ1) is 22.2. The Morgan fingerprint density at radius 2 is 1.88 bits per heavy atom. The van der Waals surface area contributed by atoms with Gasteiger partial charge in [0.05, 0.1) is 0 Å². The quantitative estimate of drug-likeness (QED) is 0.815. The molecule has 0 bridgehead atoms. The second-order valence-electron chi connectivity index (χ2n) is 7.12. The summed E-state index contributed by atoms with van der Waals surface area (Å²) in [7, 11) is 0. The summed E-state index contributed by atoms with van der Waals surface area (Å²) in [6.45, 7) is 2.89. The fourth-order valence-corrected chi connectivity index (χ4v) is 3.93. The van der Waals surface area contributed by atoms with Gasteiger partial charge in [-0.25, -0.2) is 0 Å². The van der Waals surface area contributed by atoms with Gasteiger partial charge in [0.2, 0.25) is 5.91 Å². The van der Waals surface area contributed by atoms with Crippen LogP contribution in [0.5, 0.6) is 0 Å². The Bertz CT molecular complexity index is 515. The first-order chi connectivity index (χ1) is 11.2. The highest BCUT2D eigenvalue weighted by Gasteiger charge is 2.29. The zero-order valence-electron chi connectivity index (χ0n) is 14.7. The van der Waals surface area contributed by atoms with Crippen molar-refractivity contribution in [2.24, 2.45) is 11.7 Å². The minimum absolute atomic E-state index is 0. The van der Waals surface area contributed by atoms with Gasteiger partial charge in [0.25, 0.3) is 0 Å². The molecule has 1 aliphatic heterocycles. The van der Waals surface area contributed by atoms with E-state index in [0.29, 0.717) is 6.04 Å². The first-order valence-corrected chi connectivity index (χ1v) is 9.03. The van der Waals surface area contributed by atoms with Crippen LogP contribution in [-0.4, -0.2) is 36.0 Å². The largest absolute Gasteiger partial charge is 0.354 e. The highest BCUT2D eigenvalue weighted by Crippen LogP contribution is 2.24.